The van der Waals surface area contributed by atoms with E-state index in [2.05, 4.69) is 5.73 Å². The van der Waals surface area contributed by atoms with E-state index in [0.29, 0.717) is 6.08 Å². The number of carboxylic acids is 1. The van der Waals surface area contributed by atoms with Crippen LogP contribution >= 0.6 is 0 Å². The Morgan fingerprint density at radius 1 is 1.25 bits per heavy atom. The van der Waals surface area contributed by atoms with Gasteiger partial charge in [0.15, 0.2) is 0 Å². The number of carbonyl (C=O) groups excluding carboxylic acids is 1. The number of primary amides is 1. The average molecular weight is 250 g/mol. The topological polar surface area (TPSA) is 80.4 Å². The normalized spacial score (nSPS) is 6.33. The molecule has 0 aliphatic heterocycles. The van der Waals surface area contributed by atoms with Gasteiger partial charge in [0.2, 0.25) is 5.91 Å². The van der Waals surface area contributed by atoms with Crippen LogP contribution < -0.4 is 60.1 Å². The summed E-state index contributed by atoms with van der Waals surface area (Å²) in [5.41, 5.74) is 4.55. The van der Waals surface area contributed by atoms with Crippen molar-refractivity contribution in [3.63, 3.8) is 0 Å². The van der Waals surface area contributed by atoms with Gasteiger partial charge in [-0.2, -0.15) is 0 Å². The quantitative estimate of drug-likeness (QED) is 0.377. The van der Waals surface area contributed by atoms with Crippen molar-refractivity contribution in [2.24, 2.45) is 5.73 Å². The van der Waals surface area contributed by atoms with Gasteiger partial charge in [-0.25, -0.2) is 4.79 Å². The van der Waals surface area contributed by atoms with Crippen LogP contribution in [0.2, 0.25) is 0 Å². The minimum absolute atomic E-state index is 0. The van der Waals surface area contributed by atoms with Crippen LogP contribution in [0.3, 0.4) is 0 Å². The first-order valence-electron chi connectivity index (χ1n) is 1.83. The van der Waals surface area contributed by atoms with Gasteiger partial charge >= 0.3 is 73.3 Å². The Morgan fingerprint density at radius 3 is 1.67 bits per heavy atom. The molecule has 0 aromatic carbocycles. The number of nitrogens with two attached hydrogens (primary N) is 1. The van der Waals surface area contributed by atoms with Crippen LogP contribution in [0, 0.1) is 0 Å². The molecular formula is C4H6CaCl2NNaO3. The molecule has 0 aliphatic carbocycles. The number of halogens is 2. The SMILES string of the molecule is NC(=O)/C=C\C(=O)O.[Ca+2].[Cl-].[Cl-].[H-].[Na+]. The number of amides is 1. The van der Waals surface area contributed by atoms with E-state index in [1.807, 2.05) is 0 Å². The van der Waals surface area contributed by atoms with Crippen LogP contribution in [-0.4, -0.2) is 54.7 Å². The first-order valence-corrected chi connectivity index (χ1v) is 1.83. The molecule has 0 atom stereocenters. The predicted octanol–water partition coefficient (Wildman–Crippen LogP) is -10.1. The van der Waals surface area contributed by atoms with Gasteiger partial charge in [-0.1, -0.05) is 0 Å². The van der Waals surface area contributed by atoms with E-state index >= 15 is 0 Å². The molecule has 0 unspecified atom stereocenters. The summed E-state index contributed by atoms with van der Waals surface area (Å²) in [4.78, 5) is 19.4. The Hall–Kier alpha value is 1.52. The van der Waals surface area contributed by atoms with E-state index in [-0.39, 0.29) is 93.5 Å². The zero-order valence-electron chi connectivity index (χ0n) is 7.46. The van der Waals surface area contributed by atoms with Gasteiger partial charge in [0, 0.05) is 12.2 Å². The molecule has 0 rings (SSSR count). The Balaban J connectivity index is -0.0000000245. The van der Waals surface area contributed by atoms with Crippen molar-refractivity contribution in [2.75, 3.05) is 0 Å². The van der Waals surface area contributed by atoms with Crippen LogP contribution in [0.25, 0.3) is 0 Å². The van der Waals surface area contributed by atoms with Crippen molar-refractivity contribution in [3.8, 4) is 0 Å². The molecule has 0 aromatic heterocycles. The Bertz CT molecular complexity index is 144. The second-order valence-corrected chi connectivity index (χ2v) is 1.07. The summed E-state index contributed by atoms with van der Waals surface area (Å²) in [7, 11) is 0. The summed E-state index contributed by atoms with van der Waals surface area (Å²) < 4.78 is 0. The Labute approximate surface area is 136 Å². The van der Waals surface area contributed by atoms with Crippen molar-refractivity contribution in [1.29, 1.82) is 0 Å². The maximum absolute atomic E-state index is 9.78. The molecule has 12 heavy (non-hydrogen) atoms. The maximum Gasteiger partial charge on any atom is 2.00 e. The summed E-state index contributed by atoms with van der Waals surface area (Å²) in [5, 5.41) is 7.87. The minimum Gasteiger partial charge on any atom is -1.00 e. The van der Waals surface area contributed by atoms with Crippen molar-refractivity contribution in [2.45, 2.75) is 0 Å². The fourth-order valence-electron chi connectivity index (χ4n) is 0.153. The van der Waals surface area contributed by atoms with Crippen LogP contribution in [0.4, 0.5) is 0 Å². The molecule has 0 fully saturated rings. The third-order valence-electron chi connectivity index (χ3n) is 0.390. The number of carboxylic acid groups (broad SMARTS) is 1. The molecule has 0 radical (unpaired) electrons. The standard InChI is InChI=1S/C4H5NO3.Ca.2ClH.Na.H/c5-3(6)1-2-4(7)8;;;;;/h1-2H,(H2,5,6)(H,7,8);;2*1H;;/q;+2;;;+1;-1/p-2/b2-1-;;;;;. The number of carbonyl (C=O) groups is 2. The van der Waals surface area contributed by atoms with Crippen molar-refractivity contribution in [3.05, 3.63) is 12.2 Å². The van der Waals surface area contributed by atoms with Crippen LogP contribution in [-0.2, 0) is 9.59 Å². The van der Waals surface area contributed by atoms with E-state index in [9.17, 15) is 9.59 Å². The molecule has 3 N–H and O–H groups in total. The fourth-order valence-corrected chi connectivity index (χ4v) is 0.153. The van der Waals surface area contributed by atoms with Gasteiger partial charge in [0.1, 0.15) is 0 Å². The molecule has 0 bridgehead atoms. The van der Waals surface area contributed by atoms with E-state index in [4.69, 9.17) is 5.11 Å². The van der Waals surface area contributed by atoms with Gasteiger partial charge in [-0.3, -0.25) is 4.79 Å². The minimum atomic E-state index is -1.18. The van der Waals surface area contributed by atoms with E-state index in [1.54, 1.807) is 0 Å². The van der Waals surface area contributed by atoms with Crippen molar-refractivity contribution < 1.29 is 70.5 Å². The van der Waals surface area contributed by atoms with Crippen molar-refractivity contribution in [1.82, 2.24) is 0 Å². The zero-order chi connectivity index (χ0) is 6.57. The first-order chi connectivity index (χ1) is 3.63. The second-order valence-electron chi connectivity index (χ2n) is 1.07. The summed E-state index contributed by atoms with van der Waals surface area (Å²) in [6, 6.07) is 0. The van der Waals surface area contributed by atoms with Gasteiger partial charge in [0.05, 0.1) is 0 Å². The van der Waals surface area contributed by atoms with Gasteiger partial charge < -0.3 is 37.1 Å². The smallest absolute Gasteiger partial charge is 1.00 e. The molecule has 0 saturated carbocycles. The summed E-state index contributed by atoms with van der Waals surface area (Å²) in [5.74, 6) is -1.93. The summed E-state index contributed by atoms with van der Waals surface area (Å²) in [6.45, 7) is 0. The van der Waals surface area contributed by atoms with Gasteiger partial charge in [0.25, 0.3) is 0 Å². The number of rotatable bonds is 2. The monoisotopic (exact) mass is 249 g/mol. The molecule has 62 valence electrons. The largest absolute Gasteiger partial charge is 2.00 e. The average Bonchev–Trinajstić information content (AvgIpc) is 1.61. The van der Waals surface area contributed by atoms with E-state index in [0.717, 1.165) is 6.08 Å². The van der Waals surface area contributed by atoms with Crippen LogP contribution in [0.5, 0.6) is 0 Å². The first kappa shape index (κ1) is 29.2. The predicted molar refractivity (Wildman–Crippen MR) is 32.8 cm³/mol. The molecule has 0 heterocycles. The van der Waals surface area contributed by atoms with Crippen molar-refractivity contribution >= 4 is 49.6 Å². The molecule has 1 amide bonds. The maximum atomic E-state index is 9.78. The third-order valence-corrected chi connectivity index (χ3v) is 0.390. The molecule has 0 saturated heterocycles. The summed E-state index contributed by atoms with van der Waals surface area (Å²) in [6.07, 6.45) is 1.46. The number of hydrogen-bond acceptors (Lipinski definition) is 2. The van der Waals surface area contributed by atoms with Gasteiger partial charge in [-0.05, 0) is 0 Å². The molecular weight excluding hydrogens is 244 g/mol. The number of hydrogen-bond donors (Lipinski definition) is 2. The molecule has 4 nitrogen and oxygen atoms in total. The van der Waals surface area contributed by atoms with E-state index in [1.165, 1.54) is 0 Å². The summed E-state index contributed by atoms with van der Waals surface area (Å²) >= 11 is 0. The van der Waals surface area contributed by atoms with Gasteiger partial charge in [-0.15, -0.1) is 0 Å². The fraction of sp³-hybridized carbons (Fsp3) is 0. The van der Waals surface area contributed by atoms with E-state index < -0.39 is 11.9 Å². The third kappa shape index (κ3) is 30.0. The Kier molecular flexibility index (Phi) is 44.6. The zero-order valence-corrected chi connectivity index (χ0v) is 12.2. The molecule has 0 aromatic rings. The second kappa shape index (κ2) is 18.3. The molecule has 0 aliphatic rings. The number of aliphatic carboxylic acids is 1. The molecule has 0 spiro atoms. The van der Waals surface area contributed by atoms with Crippen LogP contribution in [0.1, 0.15) is 1.43 Å². The van der Waals surface area contributed by atoms with Crippen LogP contribution in [0.15, 0.2) is 12.2 Å². The molecule has 8 heteroatoms. The Morgan fingerprint density at radius 2 is 1.58 bits per heavy atom.